The highest BCUT2D eigenvalue weighted by Gasteiger charge is 2.12. The van der Waals surface area contributed by atoms with Gasteiger partial charge in [0.1, 0.15) is 0 Å². The molecular formula is C36H24N4. The fraction of sp³-hybridized carbons (Fsp3) is 0.0278. The van der Waals surface area contributed by atoms with Crippen LogP contribution in [0.25, 0.3) is 72.4 Å². The molecule has 0 bridgehead atoms. The Morgan fingerprint density at radius 3 is 1.88 bits per heavy atom. The molecule has 4 heteroatoms. The minimum absolute atomic E-state index is 0.822. The zero-order valence-electron chi connectivity index (χ0n) is 21.7. The van der Waals surface area contributed by atoms with Crippen molar-refractivity contribution in [3.8, 4) is 33.6 Å². The van der Waals surface area contributed by atoms with E-state index in [2.05, 4.69) is 126 Å². The van der Waals surface area contributed by atoms with Crippen LogP contribution in [0, 0.1) is 0 Å². The first-order chi connectivity index (χ1) is 19.8. The van der Waals surface area contributed by atoms with E-state index in [-0.39, 0.29) is 0 Å². The van der Waals surface area contributed by atoms with Gasteiger partial charge in [-0.3, -0.25) is 4.98 Å². The molecule has 8 rings (SSSR count). The fourth-order valence-electron chi connectivity index (χ4n) is 5.64. The second-order valence-corrected chi connectivity index (χ2v) is 10.2. The summed E-state index contributed by atoms with van der Waals surface area (Å²) in [6.45, 7) is 0.822. The van der Waals surface area contributed by atoms with Crippen LogP contribution in [0.5, 0.6) is 0 Å². The topological polar surface area (TPSA) is 50.7 Å². The number of hydrogen-bond acceptors (Lipinski definition) is 4. The normalized spacial score (nSPS) is 12.5. The molecule has 7 aromatic rings. The average Bonchev–Trinajstić information content (AvgIpc) is 3.04. The molecule has 1 aliphatic heterocycles. The molecule has 0 atom stereocenters. The van der Waals surface area contributed by atoms with Crippen molar-refractivity contribution in [2.75, 3.05) is 11.9 Å². The van der Waals surface area contributed by atoms with E-state index in [0.717, 1.165) is 78.6 Å². The molecule has 188 valence electrons. The van der Waals surface area contributed by atoms with Crippen molar-refractivity contribution in [3.05, 3.63) is 127 Å². The maximum Gasteiger partial charge on any atom is 0.0972 e. The Labute approximate surface area is 231 Å². The monoisotopic (exact) mass is 512 g/mol. The lowest BCUT2D eigenvalue weighted by Gasteiger charge is -2.16. The highest BCUT2D eigenvalue weighted by molar-refractivity contribution is 6.03. The summed E-state index contributed by atoms with van der Waals surface area (Å²) >= 11 is 0. The standard InChI is InChI=1S/C36H24N4/c1-5-27(21-29(7-1)31-17-15-25-13-11-23-9-3-19-37-33(23)35(25)39-31)28-6-2-8-30(22-28)32-18-16-26-14-12-24-10-4-20-38-34(24)36(26)40-32/h1-19,21-22,38H,20H2. The molecule has 0 fully saturated rings. The van der Waals surface area contributed by atoms with E-state index in [1.165, 1.54) is 5.56 Å². The second kappa shape index (κ2) is 9.14. The fourth-order valence-corrected chi connectivity index (χ4v) is 5.64. The molecule has 4 heterocycles. The van der Waals surface area contributed by atoms with E-state index >= 15 is 0 Å². The summed E-state index contributed by atoms with van der Waals surface area (Å²) in [5, 5.41) is 6.83. The Kier molecular flexibility index (Phi) is 5.17. The van der Waals surface area contributed by atoms with Crippen molar-refractivity contribution in [1.82, 2.24) is 15.0 Å². The van der Waals surface area contributed by atoms with Gasteiger partial charge in [0.05, 0.1) is 33.6 Å². The number of anilines is 1. The third kappa shape index (κ3) is 3.81. The molecule has 0 saturated carbocycles. The molecule has 4 aromatic carbocycles. The van der Waals surface area contributed by atoms with Gasteiger partial charge in [0, 0.05) is 40.0 Å². The van der Waals surface area contributed by atoms with E-state index in [1.54, 1.807) is 0 Å². The van der Waals surface area contributed by atoms with Crippen LogP contribution in [0.4, 0.5) is 5.69 Å². The summed E-state index contributed by atoms with van der Waals surface area (Å²) in [7, 11) is 0. The molecule has 0 aliphatic carbocycles. The van der Waals surface area contributed by atoms with Gasteiger partial charge in [-0.2, -0.15) is 0 Å². The number of nitrogens with one attached hydrogen (secondary N) is 1. The van der Waals surface area contributed by atoms with Crippen LogP contribution in [-0.2, 0) is 0 Å². The van der Waals surface area contributed by atoms with Gasteiger partial charge in [-0.05, 0) is 47.0 Å². The lowest BCUT2D eigenvalue weighted by atomic mass is 9.98. The van der Waals surface area contributed by atoms with Gasteiger partial charge < -0.3 is 5.32 Å². The summed E-state index contributed by atoms with van der Waals surface area (Å²) < 4.78 is 0. The Balaban J connectivity index is 1.19. The third-order valence-corrected chi connectivity index (χ3v) is 7.67. The minimum atomic E-state index is 0.822. The first-order valence-corrected chi connectivity index (χ1v) is 13.5. The van der Waals surface area contributed by atoms with Crippen LogP contribution in [-0.4, -0.2) is 21.5 Å². The predicted octanol–water partition coefficient (Wildman–Crippen LogP) is 8.77. The Hall–Kier alpha value is -5.35. The summed E-state index contributed by atoms with van der Waals surface area (Å²) in [5.74, 6) is 0. The summed E-state index contributed by atoms with van der Waals surface area (Å²) in [4.78, 5) is 14.8. The molecule has 0 amide bonds. The molecule has 1 N–H and O–H groups in total. The lowest BCUT2D eigenvalue weighted by Crippen LogP contribution is -2.05. The van der Waals surface area contributed by atoms with Gasteiger partial charge in [0.25, 0.3) is 0 Å². The maximum absolute atomic E-state index is 5.10. The van der Waals surface area contributed by atoms with E-state index in [4.69, 9.17) is 9.97 Å². The number of aromatic nitrogens is 3. The molecule has 0 radical (unpaired) electrons. The molecule has 1 aliphatic rings. The molecule has 40 heavy (non-hydrogen) atoms. The van der Waals surface area contributed by atoms with Gasteiger partial charge in [-0.1, -0.05) is 91.0 Å². The average molecular weight is 513 g/mol. The Morgan fingerprint density at radius 2 is 1.12 bits per heavy atom. The maximum atomic E-state index is 5.10. The molecule has 0 saturated heterocycles. The number of pyridine rings is 3. The number of fused-ring (bicyclic) bond motifs is 6. The van der Waals surface area contributed by atoms with Crippen LogP contribution in [0.1, 0.15) is 5.56 Å². The first-order valence-electron chi connectivity index (χ1n) is 13.5. The summed E-state index contributed by atoms with van der Waals surface area (Å²) in [6.07, 6.45) is 6.13. The van der Waals surface area contributed by atoms with E-state index in [0.29, 0.717) is 0 Å². The van der Waals surface area contributed by atoms with Crippen LogP contribution in [0.2, 0.25) is 0 Å². The van der Waals surface area contributed by atoms with E-state index in [1.807, 2.05) is 12.3 Å². The predicted molar refractivity (Wildman–Crippen MR) is 166 cm³/mol. The summed E-state index contributed by atoms with van der Waals surface area (Å²) in [6, 6.07) is 38.3. The lowest BCUT2D eigenvalue weighted by molar-refractivity contribution is 1.30. The Bertz CT molecular complexity index is 2130. The van der Waals surface area contributed by atoms with Gasteiger partial charge in [0.15, 0.2) is 0 Å². The zero-order valence-corrected chi connectivity index (χ0v) is 21.7. The molecule has 4 nitrogen and oxygen atoms in total. The highest BCUT2D eigenvalue weighted by atomic mass is 14.9. The number of hydrogen-bond donors (Lipinski definition) is 1. The molecule has 3 aromatic heterocycles. The molecule has 0 unspecified atom stereocenters. The van der Waals surface area contributed by atoms with Crippen molar-refractivity contribution >= 4 is 44.5 Å². The summed E-state index contributed by atoms with van der Waals surface area (Å²) in [5.41, 5.74) is 11.5. The van der Waals surface area contributed by atoms with E-state index < -0.39 is 0 Å². The van der Waals surface area contributed by atoms with Crippen molar-refractivity contribution < 1.29 is 0 Å². The first kappa shape index (κ1) is 22.6. The van der Waals surface area contributed by atoms with Gasteiger partial charge in [-0.15, -0.1) is 0 Å². The van der Waals surface area contributed by atoms with Crippen molar-refractivity contribution in [1.29, 1.82) is 0 Å². The number of nitrogens with zero attached hydrogens (tertiary/aromatic N) is 3. The molecular weight excluding hydrogens is 488 g/mol. The van der Waals surface area contributed by atoms with Crippen molar-refractivity contribution in [2.24, 2.45) is 0 Å². The third-order valence-electron chi connectivity index (χ3n) is 7.67. The van der Waals surface area contributed by atoms with Gasteiger partial charge in [0.2, 0.25) is 0 Å². The minimum Gasteiger partial charge on any atom is -0.379 e. The smallest absolute Gasteiger partial charge is 0.0972 e. The van der Waals surface area contributed by atoms with Crippen LogP contribution >= 0.6 is 0 Å². The highest BCUT2D eigenvalue weighted by Crippen LogP contribution is 2.33. The van der Waals surface area contributed by atoms with Gasteiger partial charge >= 0.3 is 0 Å². The SMILES string of the molecule is C1=Cc2ccc3ccc(-c4cccc(-c5cccc(-c6ccc7ccc8cccnc8c7n6)c5)c4)nc3c2NC1. The molecule has 0 spiro atoms. The van der Waals surface area contributed by atoms with Crippen LogP contribution in [0.15, 0.2) is 121 Å². The van der Waals surface area contributed by atoms with Crippen LogP contribution < -0.4 is 5.32 Å². The number of benzene rings is 4. The van der Waals surface area contributed by atoms with Crippen LogP contribution in [0.3, 0.4) is 0 Å². The van der Waals surface area contributed by atoms with Crippen molar-refractivity contribution in [2.45, 2.75) is 0 Å². The van der Waals surface area contributed by atoms with E-state index in [9.17, 15) is 0 Å². The quantitative estimate of drug-likeness (QED) is 0.240. The second-order valence-electron chi connectivity index (χ2n) is 10.2. The van der Waals surface area contributed by atoms with Crippen molar-refractivity contribution in [3.63, 3.8) is 0 Å². The zero-order chi connectivity index (χ0) is 26.5. The largest absolute Gasteiger partial charge is 0.379 e. The van der Waals surface area contributed by atoms with Gasteiger partial charge in [-0.25, -0.2) is 9.97 Å². The Morgan fingerprint density at radius 1 is 0.525 bits per heavy atom. The number of rotatable bonds is 3.